The molecular weight excluding hydrogens is 320 g/mol. The van der Waals surface area contributed by atoms with Gasteiger partial charge < -0.3 is 15.0 Å². The normalized spacial score (nSPS) is 19.8. The quantitative estimate of drug-likeness (QED) is 0.787. The van der Waals surface area contributed by atoms with Crippen molar-refractivity contribution in [3.8, 4) is 0 Å². The topological polar surface area (TPSA) is 75.7 Å². The van der Waals surface area contributed by atoms with Crippen LogP contribution in [0.4, 0.5) is 0 Å². The van der Waals surface area contributed by atoms with Crippen LogP contribution in [-0.2, 0) is 32.0 Å². The molecule has 1 saturated heterocycles. The molecule has 1 aliphatic carbocycles. The van der Waals surface area contributed by atoms with E-state index in [4.69, 9.17) is 0 Å². The molecule has 0 radical (unpaired) electrons. The van der Waals surface area contributed by atoms with Crippen molar-refractivity contribution in [3.05, 3.63) is 35.4 Å². The highest BCUT2D eigenvalue weighted by Gasteiger charge is 2.37. The van der Waals surface area contributed by atoms with Gasteiger partial charge in [-0.2, -0.15) is 0 Å². The summed E-state index contributed by atoms with van der Waals surface area (Å²) in [5, 5.41) is 2.92. The summed E-state index contributed by atoms with van der Waals surface area (Å²) < 4.78 is 4.56. The highest BCUT2D eigenvalue weighted by atomic mass is 16.5. The maximum Gasteiger partial charge on any atom is 0.305 e. The van der Waals surface area contributed by atoms with Crippen molar-refractivity contribution in [1.29, 1.82) is 0 Å². The minimum Gasteiger partial charge on any atom is -0.469 e. The van der Waals surface area contributed by atoms with E-state index in [1.807, 2.05) is 17.0 Å². The van der Waals surface area contributed by atoms with E-state index in [9.17, 15) is 14.4 Å². The van der Waals surface area contributed by atoms with Gasteiger partial charge in [0.15, 0.2) is 0 Å². The summed E-state index contributed by atoms with van der Waals surface area (Å²) in [5.41, 5.74) is 2.63. The van der Waals surface area contributed by atoms with Crippen molar-refractivity contribution in [1.82, 2.24) is 10.2 Å². The lowest BCUT2D eigenvalue weighted by atomic mass is 10.1. The van der Waals surface area contributed by atoms with Crippen LogP contribution in [0.1, 0.15) is 36.8 Å². The molecule has 1 unspecified atom stereocenters. The van der Waals surface area contributed by atoms with Crippen LogP contribution in [0.25, 0.3) is 0 Å². The van der Waals surface area contributed by atoms with Gasteiger partial charge in [-0.15, -0.1) is 0 Å². The third-order valence-electron chi connectivity index (χ3n) is 5.01. The number of ether oxygens (including phenoxy) is 1. The Balaban J connectivity index is 1.47. The number of rotatable bonds is 6. The third kappa shape index (κ3) is 4.18. The van der Waals surface area contributed by atoms with Gasteiger partial charge >= 0.3 is 5.97 Å². The maximum atomic E-state index is 12.4. The van der Waals surface area contributed by atoms with Crippen LogP contribution >= 0.6 is 0 Å². The fourth-order valence-corrected chi connectivity index (χ4v) is 3.73. The molecule has 0 spiro atoms. The highest BCUT2D eigenvalue weighted by molar-refractivity contribution is 5.82. The zero-order valence-corrected chi connectivity index (χ0v) is 14.5. The van der Waals surface area contributed by atoms with E-state index in [0.717, 1.165) is 12.8 Å². The van der Waals surface area contributed by atoms with Gasteiger partial charge in [0.05, 0.1) is 13.2 Å². The van der Waals surface area contributed by atoms with Gasteiger partial charge in [-0.3, -0.25) is 14.4 Å². The van der Waals surface area contributed by atoms with E-state index >= 15 is 0 Å². The number of hydrogen-bond donors (Lipinski definition) is 1. The largest absolute Gasteiger partial charge is 0.469 e. The van der Waals surface area contributed by atoms with Gasteiger partial charge in [0.2, 0.25) is 11.8 Å². The van der Waals surface area contributed by atoms with Crippen molar-refractivity contribution in [2.24, 2.45) is 0 Å². The summed E-state index contributed by atoms with van der Waals surface area (Å²) in [5.74, 6) is -0.313. The predicted molar refractivity (Wildman–Crippen MR) is 91.8 cm³/mol. The molecule has 1 N–H and O–H groups in total. The van der Waals surface area contributed by atoms with Gasteiger partial charge in [0, 0.05) is 31.8 Å². The Morgan fingerprint density at radius 1 is 1.16 bits per heavy atom. The molecular formula is C19H24N2O4. The van der Waals surface area contributed by atoms with Gasteiger partial charge in [0.25, 0.3) is 0 Å². The molecule has 1 aliphatic heterocycles. The summed E-state index contributed by atoms with van der Waals surface area (Å²) in [7, 11) is 1.34. The van der Waals surface area contributed by atoms with Crippen molar-refractivity contribution < 1.29 is 19.1 Å². The van der Waals surface area contributed by atoms with Crippen LogP contribution < -0.4 is 5.32 Å². The Bertz CT molecular complexity index is 648. The molecule has 1 aromatic carbocycles. The predicted octanol–water partition coefficient (Wildman–Crippen LogP) is 1.21. The molecule has 25 heavy (non-hydrogen) atoms. The second kappa shape index (κ2) is 7.68. The number of hydrogen-bond acceptors (Lipinski definition) is 4. The number of benzene rings is 1. The Kier molecular flexibility index (Phi) is 5.36. The van der Waals surface area contributed by atoms with E-state index < -0.39 is 0 Å². The molecule has 6 heteroatoms. The molecule has 2 amide bonds. The van der Waals surface area contributed by atoms with Gasteiger partial charge in [-0.1, -0.05) is 24.3 Å². The summed E-state index contributed by atoms with van der Waals surface area (Å²) in [4.78, 5) is 37.3. The Morgan fingerprint density at radius 2 is 1.84 bits per heavy atom. The number of carbonyl (C=O) groups is 3. The number of fused-ring (bicyclic) bond motifs is 1. The summed E-state index contributed by atoms with van der Waals surface area (Å²) in [6.07, 6.45) is 3.11. The molecule has 1 fully saturated rings. The lowest BCUT2D eigenvalue weighted by Gasteiger charge is -2.24. The molecule has 0 bridgehead atoms. The van der Waals surface area contributed by atoms with Crippen molar-refractivity contribution in [2.45, 2.75) is 50.6 Å². The first-order valence-corrected chi connectivity index (χ1v) is 8.79. The van der Waals surface area contributed by atoms with Crippen molar-refractivity contribution >= 4 is 17.8 Å². The summed E-state index contributed by atoms with van der Waals surface area (Å²) in [6, 6.07) is 8.37. The molecule has 2 aliphatic rings. The smallest absolute Gasteiger partial charge is 0.305 e. The SMILES string of the molecule is COC(=O)CCCC(=O)NC1CC(=O)N(C2Cc3ccccc3C2)C1. The van der Waals surface area contributed by atoms with E-state index in [2.05, 4.69) is 22.2 Å². The van der Waals surface area contributed by atoms with Gasteiger partial charge in [-0.25, -0.2) is 0 Å². The lowest BCUT2D eigenvalue weighted by molar-refractivity contribution is -0.140. The molecule has 0 saturated carbocycles. The Morgan fingerprint density at radius 3 is 2.48 bits per heavy atom. The van der Waals surface area contributed by atoms with Gasteiger partial charge in [0.1, 0.15) is 0 Å². The van der Waals surface area contributed by atoms with Crippen LogP contribution in [0.3, 0.4) is 0 Å². The number of esters is 1. The molecule has 6 nitrogen and oxygen atoms in total. The first-order valence-electron chi connectivity index (χ1n) is 8.79. The fraction of sp³-hybridized carbons (Fsp3) is 0.526. The fourth-order valence-electron chi connectivity index (χ4n) is 3.73. The molecule has 0 aromatic heterocycles. The maximum absolute atomic E-state index is 12.4. The second-order valence-electron chi connectivity index (χ2n) is 6.78. The number of nitrogens with one attached hydrogen (secondary N) is 1. The number of nitrogens with zero attached hydrogens (tertiary/aromatic N) is 1. The summed E-state index contributed by atoms with van der Waals surface area (Å²) in [6.45, 7) is 0.570. The zero-order valence-electron chi connectivity index (χ0n) is 14.5. The van der Waals surface area contributed by atoms with Crippen LogP contribution in [-0.4, -0.2) is 48.4 Å². The average molecular weight is 344 g/mol. The van der Waals surface area contributed by atoms with Crippen LogP contribution in [0.15, 0.2) is 24.3 Å². The summed E-state index contributed by atoms with van der Waals surface area (Å²) >= 11 is 0. The third-order valence-corrected chi connectivity index (χ3v) is 5.01. The van der Waals surface area contributed by atoms with E-state index in [1.165, 1.54) is 18.2 Å². The number of methoxy groups -OCH3 is 1. The monoisotopic (exact) mass is 344 g/mol. The molecule has 3 rings (SSSR count). The molecule has 1 aromatic rings. The van der Waals surface area contributed by atoms with Crippen molar-refractivity contribution in [2.75, 3.05) is 13.7 Å². The lowest BCUT2D eigenvalue weighted by Crippen LogP contribution is -2.41. The minimum atomic E-state index is -0.309. The Labute approximate surface area is 147 Å². The first-order chi connectivity index (χ1) is 12.1. The number of carbonyl (C=O) groups excluding carboxylic acids is 3. The van der Waals surface area contributed by atoms with Crippen LogP contribution in [0.5, 0.6) is 0 Å². The Hall–Kier alpha value is -2.37. The molecule has 1 atom stereocenters. The first kappa shape index (κ1) is 17.5. The number of amides is 2. The minimum absolute atomic E-state index is 0.109. The van der Waals surface area contributed by atoms with E-state index in [-0.39, 0.29) is 42.7 Å². The van der Waals surface area contributed by atoms with Gasteiger partial charge in [-0.05, 0) is 30.4 Å². The zero-order chi connectivity index (χ0) is 17.8. The van der Waals surface area contributed by atoms with Crippen molar-refractivity contribution in [3.63, 3.8) is 0 Å². The van der Waals surface area contributed by atoms with Crippen LogP contribution in [0, 0.1) is 0 Å². The number of likely N-dealkylation sites (tertiary alicyclic amines) is 1. The molecule has 134 valence electrons. The molecule has 1 heterocycles. The standard InChI is InChI=1S/C19H24N2O4/c1-25-19(24)8-4-7-17(22)20-15-11-18(23)21(12-15)16-9-13-5-2-3-6-14(13)10-16/h2-3,5-6,15-16H,4,7-12H2,1H3,(H,20,22). The second-order valence-corrected chi connectivity index (χ2v) is 6.78. The van der Waals surface area contributed by atoms with Crippen LogP contribution in [0.2, 0.25) is 0 Å². The van der Waals surface area contributed by atoms with E-state index in [1.54, 1.807) is 0 Å². The average Bonchev–Trinajstić information content (AvgIpc) is 3.17. The highest BCUT2D eigenvalue weighted by Crippen LogP contribution is 2.28. The van der Waals surface area contributed by atoms with E-state index in [0.29, 0.717) is 19.4 Å².